The lowest BCUT2D eigenvalue weighted by atomic mass is 10.1. The Bertz CT molecular complexity index is 692. The molecule has 0 aliphatic carbocycles. The van der Waals surface area contributed by atoms with Gasteiger partial charge in [-0.2, -0.15) is 9.61 Å². The van der Waals surface area contributed by atoms with E-state index in [1.807, 2.05) is 48.5 Å². The molecule has 0 spiro atoms. The van der Waals surface area contributed by atoms with Gasteiger partial charge in [0.05, 0.1) is 17.1 Å². The molecule has 90 valence electrons. The number of aromatic nitrogens is 2. The third kappa shape index (κ3) is 1.69. The average Bonchev–Trinajstić information content (AvgIpc) is 2.77. The quantitative estimate of drug-likeness (QED) is 0.720. The Morgan fingerprint density at radius 2 is 1.83 bits per heavy atom. The van der Waals surface area contributed by atoms with Gasteiger partial charge in [0.15, 0.2) is 0 Å². The zero-order valence-electron chi connectivity index (χ0n) is 9.80. The van der Waals surface area contributed by atoms with Gasteiger partial charge in [0.2, 0.25) is 5.88 Å². The van der Waals surface area contributed by atoms with Crippen molar-refractivity contribution >= 4 is 21.4 Å². The first kappa shape index (κ1) is 11.3. The number of halogens is 1. The maximum Gasteiger partial charge on any atom is 0.214 e. The molecule has 2 heterocycles. The third-order valence-corrected chi connectivity index (χ3v) is 3.60. The van der Waals surface area contributed by atoms with E-state index in [1.165, 1.54) is 0 Å². The summed E-state index contributed by atoms with van der Waals surface area (Å²) < 4.78 is 8.09. The van der Waals surface area contributed by atoms with Crippen LogP contribution in [-0.4, -0.2) is 16.7 Å². The highest BCUT2D eigenvalue weighted by Crippen LogP contribution is 2.32. The van der Waals surface area contributed by atoms with Crippen molar-refractivity contribution in [2.24, 2.45) is 0 Å². The van der Waals surface area contributed by atoms with Crippen molar-refractivity contribution in [3.8, 4) is 17.1 Å². The van der Waals surface area contributed by atoms with Crippen LogP contribution in [0.4, 0.5) is 0 Å². The van der Waals surface area contributed by atoms with Crippen molar-refractivity contribution in [3.05, 3.63) is 53.0 Å². The van der Waals surface area contributed by atoms with Crippen LogP contribution in [-0.2, 0) is 0 Å². The number of nitrogens with zero attached hydrogens (tertiary/aromatic N) is 2. The van der Waals surface area contributed by atoms with Gasteiger partial charge in [0.1, 0.15) is 5.69 Å². The number of benzene rings is 1. The molecular formula is C14H11BrN2O. The minimum atomic E-state index is 0.718. The fourth-order valence-electron chi connectivity index (χ4n) is 1.95. The summed E-state index contributed by atoms with van der Waals surface area (Å²) in [4.78, 5) is 0. The highest BCUT2D eigenvalue weighted by atomic mass is 79.9. The van der Waals surface area contributed by atoms with Gasteiger partial charge >= 0.3 is 0 Å². The van der Waals surface area contributed by atoms with Crippen molar-refractivity contribution in [2.45, 2.75) is 0 Å². The number of rotatable bonds is 2. The predicted molar refractivity (Wildman–Crippen MR) is 74.9 cm³/mol. The van der Waals surface area contributed by atoms with E-state index in [1.54, 1.807) is 11.6 Å². The molecule has 0 atom stereocenters. The Kier molecular flexibility index (Phi) is 2.80. The van der Waals surface area contributed by atoms with Gasteiger partial charge < -0.3 is 4.74 Å². The minimum Gasteiger partial charge on any atom is -0.481 e. The average molecular weight is 303 g/mol. The Hall–Kier alpha value is -1.81. The molecule has 2 aromatic heterocycles. The highest BCUT2D eigenvalue weighted by Gasteiger charge is 2.13. The van der Waals surface area contributed by atoms with Gasteiger partial charge in [-0.1, -0.05) is 36.4 Å². The molecule has 0 fully saturated rings. The molecular weight excluding hydrogens is 292 g/mol. The lowest BCUT2D eigenvalue weighted by Gasteiger charge is -2.01. The van der Waals surface area contributed by atoms with Crippen LogP contribution >= 0.6 is 15.9 Å². The summed E-state index contributed by atoms with van der Waals surface area (Å²) in [7, 11) is 1.65. The van der Waals surface area contributed by atoms with E-state index >= 15 is 0 Å². The molecule has 0 bridgehead atoms. The summed E-state index contributed by atoms with van der Waals surface area (Å²) >= 11 is 3.61. The molecule has 0 aliphatic heterocycles. The monoisotopic (exact) mass is 302 g/mol. The topological polar surface area (TPSA) is 26.5 Å². The molecule has 3 aromatic rings. The van der Waals surface area contributed by atoms with Crippen molar-refractivity contribution in [2.75, 3.05) is 7.11 Å². The third-order valence-electron chi connectivity index (χ3n) is 2.82. The Balaban J connectivity index is 2.29. The van der Waals surface area contributed by atoms with Crippen molar-refractivity contribution < 1.29 is 4.74 Å². The van der Waals surface area contributed by atoms with Crippen LogP contribution in [0.2, 0.25) is 0 Å². The van der Waals surface area contributed by atoms with Gasteiger partial charge in [-0.15, -0.1) is 0 Å². The second-order valence-electron chi connectivity index (χ2n) is 3.89. The lowest BCUT2D eigenvalue weighted by molar-refractivity contribution is 0.386. The normalized spacial score (nSPS) is 10.8. The molecule has 3 nitrogen and oxygen atoms in total. The number of fused-ring (bicyclic) bond motifs is 1. The SMILES string of the molecule is COc1cccc2c(Br)c(-c3ccccc3)nn12. The van der Waals surface area contributed by atoms with Crippen LogP contribution in [0.15, 0.2) is 53.0 Å². The molecule has 1 aromatic carbocycles. The molecule has 0 N–H and O–H groups in total. The van der Waals surface area contributed by atoms with E-state index in [0.29, 0.717) is 0 Å². The maximum atomic E-state index is 5.31. The van der Waals surface area contributed by atoms with Crippen LogP contribution < -0.4 is 4.74 Å². The highest BCUT2D eigenvalue weighted by molar-refractivity contribution is 9.10. The molecule has 0 saturated heterocycles. The smallest absolute Gasteiger partial charge is 0.214 e. The van der Waals surface area contributed by atoms with E-state index in [4.69, 9.17) is 4.74 Å². The standard InChI is InChI=1S/C14H11BrN2O/c1-18-12-9-5-8-11-13(15)14(16-17(11)12)10-6-3-2-4-7-10/h2-9H,1H3. The van der Waals surface area contributed by atoms with Gasteiger partial charge in [0, 0.05) is 11.6 Å². The van der Waals surface area contributed by atoms with Crippen molar-refractivity contribution in [1.82, 2.24) is 9.61 Å². The molecule has 0 amide bonds. The second kappa shape index (κ2) is 4.46. The molecule has 18 heavy (non-hydrogen) atoms. The summed E-state index contributed by atoms with van der Waals surface area (Å²) in [5.41, 5.74) is 2.99. The van der Waals surface area contributed by atoms with Crippen LogP contribution in [0, 0.1) is 0 Å². The summed E-state index contributed by atoms with van der Waals surface area (Å²) in [6.07, 6.45) is 0. The fourth-order valence-corrected chi connectivity index (χ4v) is 2.56. The van der Waals surface area contributed by atoms with E-state index < -0.39 is 0 Å². The van der Waals surface area contributed by atoms with Gasteiger partial charge in [-0.05, 0) is 22.0 Å². The molecule has 0 saturated carbocycles. The van der Waals surface area contributed by atoms with E-state index in [-0.39, 0.29) is 0 Å². The zero-order valence-corrected chi connectivity index (χ0v) is 11.4. The van der Waals surface area contributed by atoms with Gasteiger partial charge in [-0.3, -0.25) is 0 Å². The lowest BCUT2D eigenvalue weighted by Crippen LogP contribution is -1.94. The molecule has 3 rings (SSSR count). The molecule has 0 aliphatic rings. The number of ether oxygens (including phenoxy) is 1. The van der Waals surface area contributed by atoms with E-state index in [2.05, 4.69) is 21.0 Å². The number of hydrogen-bond donors (Lipinski definition) is 0. The minimum absolute atomic E-state index is 0.718. The predicted octanol–water partition coefficient (Wildman–Crippen LogP) is 3.77. The van der Waals surface area contributed by atoms with Crippen LogP contribution in [0.3, 0.4) is 0 Å². The Morgan fingerprint density at radius 1 is 1.06 bits per heavy atom. The van der Waals surface area contributed by atoms with E-state index in [0.717, 1.165) is 27.1 Å². The molecule has 0 radical (unpaired) electrons. The van der Waals surface area contributed by atoms with Crippen molar-refractivity contribution in [3.63, 3.8) is 0 Å². The Morgan fingerprint density at radius 3 is 2.56 bits per heavy atom. The largest absolute Gasteiger partial charge is 0.481 e. The molecule has 4 heteroatoms. The maximum absolute atomic E-state index is 5.31. The Labute approximate surface area is 113 Å². The number of hydrogen-bond acceptors (Lipinski definition) is 2. The van der Waals surface area contributed by atoms with Crippen molar-refractivity contribution in [1.29, 1.82) is 0 Å². The second-order valence-corrected chi connectivity index (χ2v) is 4.69. The van der Waals surface area contributed by atoms with E-state index in [9.17, 15) is 0 Å². The first-order valence-corrected chi connectivity index (χ1v) is 6.37. The molecule has 0 unspecified atom stereocenters. The first-order valence-electron chi connectivity index (χ1n) is 5.58. The first-order chi connectivity index (χ1) is 8.81. The summed E-state index contributed by atoms with van der Waals surface area (Å²) in [5, 5.41) is 4.60. The summed E-state index contributed by atoms with van der Waals surface area (Å²) in [6.45, 7) is 0. The summed E-state index contributed by atoms with van der Waals surface area (Å²) in [5.74, 6) is 0.718. The van der Waals surface area contributed by atoms with Gasteiger partial charge in [-0.25, -0.2) is 0 Å². The number of methoxy groups -OCH3 is 1. The fraction of sp³-hybridized carbons (Fsp3) is 0.0714. The number of pyridine rings is 1. The van der Waals surface area contributed by atoms with Crippen LogP contribution in [0.1, 0.15) is 0 Å². The van der Waals surface area contributed by atoms with Crippen LogP contribution in [0.5, 0.6) is 5.88 Å². The summed E-state index contributed by atoms with van der Waals surface area (Å²) in [6, 6.07) is 15.9. The zero-order chi connectivity index (χ0) is 12.5. The van der Waals surface area contributed by atoms with Crippen LogP contribution in [0.25, 0.3) is 16.8 Å². The van der Waals surface area contributed by atoms with Gasteiger partial charge in [0.25, 0.3) is 0 Å².